The monoisotopic (exact) mass is 320 g/mol. The van der Waals surface area contributed by atoms with E-state index in [9.17, 15) is 4.79 Å². The van der Waals surface area contributed by atoms with Crippen LogP contribution in [-0.2, 0) is 9.53 Å². The van der Waals surface area contributed by atoms with Crippen molar-refractivity contribution >= 4 is 28.1 Å². The molecule has 1 heterocycles. The fraction of sp³-hybridized carbons (Fsp3) is 0.286. The molecule has 0 fully saturated rings. The second kappa shape index (κ2) is 7.51. The molecule has 0 amide bonds. The van der Waals surface area contributed by atoms with Gasteiger partial charge in [-0.3, -0.25) is 5.43 Å². The molecule has 0 saturated heterocycles. The minimum absolute atomic E-state index is 0.225. The molecule has 0 aliphatic carbocycles. The molecule has 0 saturated carbocycles. The van der Waals surface area contributed by atoms with Crippen LogP contribution in [0.3, 0.4) is 0 Å². The Hall–Kier alpha value is -2.48. The Kier molecular flexibility index (Phi) is 5.42. The van der Waals surface area contributed by atoms with E-state index in [4.69, 9.17) is 9.47 Å². The number of hydrogen-bond donors (Lipinski definition) is 1. The number of ether oxygens (including phenoxy) is 2. The van der Waals surface area contributed by atoms with Gasteiger partial charge in [-0.15, -0.1) is 10.2 Å². The molecular weight excluding hydrogens is 304 g/mol. The quantitative estimate of drug-likeness (QED) is 0.500. The van der Waals surface area contributed by atoms with E-state index in [-0.39, 0.29) is 5.71 Å². The maximum absolute atomic E-state index is 11.4. The van der Waals surface area contributed by atoms with Crippen LogP contribution < -0.4 is 10.2 Å². The lowest BCUT2D eigenvalue weighted by molar-refractivity contribution is -0.135. The van der Waals surface area contributed by atoms with E-state index < -0.39 is 5.97 Å². The Morgan fingerprint density at radius 2 is 2.05 bits per heavy atom. The van der Waals surface area contributed by atoms with Gasteiger partial charge in [-0.2, -0.15) is 5.10 Å². The largest absolute Gasteiger partial charge is 0.497 e. The predicted molar refractivity (Wildman–Crippen MR) is 85.3 cm³/mol. The van der Waals surface area contributed by atoms with Crippen LogP contribution in [0.15, 0.2) is 29.4 Å². The highest BCUT2D eigenvalue weighted by atomic mass is 32.1. The van der Waals surface area contributed by atoms with Crippen LogP contribution in [0.4, 0.5) is 5.13 Å². The summed E-state index contributed by atoms with van der Waals surface area (Å²) in [5.41, 5.74) is 3.86. The van der Waals surface area contributed by atoms with Gasteiger partial charge in [0.2, 0.25) is 5.13 Å². The minimum Gasteiger partial charge on any atom is -0.497 e. The molecule has 2 rings (SSSR count). The minimum atomic E-state index is -0.463. The van der Waals surface area contributed by atoms with Crippen molar-refractivity contribution in [3.8, 4) is 16.3 Å². The number of aromatic nitrogens is 2. The third-order valence-electron chi connectivity index (χ3n) is 2.65. The number of hydrazone groups is 1. The van der Waals surface area contributed by atoms with Crippen LogP contribution >= 0.6 is 11.3 Å². The summed E-state index contributed by atoms with van der Waals surface area (Å²) in [4.78, 5) is 11.4. The van der Waals surface area contributed by atoms with E-state index in [1.165, 1.54) is 11.3 Å². The number of nitrogens with zero attached hydrogens (tertiary/aromatic N) is 3. The van der Waals surface area contributed by atoms with Gasteiger partial charge in [-0.05, 0) is 38.1 Å². The molecule has 1 N–H and O–H groups in total. The van der Waals surface area contributed by atoms with E-state index >= 15 is 0 Å². The number of carbonyl (C=O) groups excluding carboxylic acids is 1. The topological polar surface area (TPSA) is 85.7 Å². The molecule has 1 aromatic heterocycles. The molecule has 8 heteroatoms. The van der Waals surface area contributed by atoms with Crippen molar-refractivity contribution in [3.05, 3.63) is 24.3 Å². The lowest BCUT2D eigenvalue weighted by Gasteiger charge is -2.00. The molecule has 0 unspecified atom stereocenters. The summed E-state index contributed by atoms with van der Waals surface area (Å²) in [7, 11) is 1.62. The van der Waals surface area contributed by atoms with Gasteiger partial charge in [0.05, 0.1) is 13.7 Å². The van der Waals surface area contributed by atoms with Gasteiger partial charge < -0.3 is 9.47 Å². The number of nitrogens with one attached hydrogen (secondary N) is 1. The standard InChI is InChI=1S/C14H16N4O3S/c1-4-21-13(19)9(2)15-17-14-18-16-12(22-14)10-5-7-11(20-3)8-6-10/h5-8H,4H2,1-3H3,(H,17,18)/b15-9+. The van der Waals surface area contributed by atoms with Crippen LogP contribution in [0, 0.1) is 0 Å². The highest BCUT2D eigenvalue weighted by Crippen LogP contribution is 2.27. The average Bonchev–Trinajstić information content (AvgIpc) is 3.02. The maximum Gasteiger partial charge on any atom is 0.354 e. The normalized spacial score (nSPS) is 11.1. The fourth-order valence-electron chi connectivity index (χ4n) is 1.53. The summed E-state index contributed by atoms with van der Waals surface area (Å²) in [5, 5.41) is 13.2. The zero-order chi connectivity index (χ0) is 15.9. The maximum atomic E-state index is 11.4. The number of esters is 1. The van der Waals surface area contributed by atoms with E-state index in [1.807, 2.05) is 24.3 Å². The number of methoxy groups -OCH3 is 1. The van der Waals surface area contributed by atoms with Crippen LogP contribution in [0.1, 0.15) is 13.8 Å². The van der Waals surface area contributed by atoms with Gasteiger partial charge in [0, 0.05) is 5.56 Å². The Labute approximate surface area is 132 Å². The molecule has 0 bridgehead atoms. The van der Waals surface area contributed by atoms with E-state index in [0.29, 0.717) is 11.7 Å². The van der Waals surface area contributed by atoms with Crippen LogP contribution in [0.2, 0.25) is 0 Å². The first-order valence-corrected chi connectivity index (χ1v) is 7.41. The van der Waals surface area contributed by atoms with Gasteiger partial charge in [-0.25, -0.2) is 4.79 Å². The summed E-state index contributed by atoms with van der Waals surface area (Å²) < 4.78 is 9.95. The molecule has 2 aromatic rings. The highest BCUT2D eigenvalue weighted by Gasteiger charge is 2.09. The summed E-state index contributed by atoms with van der Waals surface area (Å²) in [6.07, 6.45) is 0. The number of anilines is 1. The average molecular weight is 320 g/mol. The smallest absolute Gasteiger partial charge is 0.354 e. The van der Waals surface area contributed by atoms with Crippen LogP contribution in [-0.4, -0.2) is 35.6 Å². The predicted octanol–water partition coefficient (Wildman–Crippen LogP) is 2.56. The number of rotatable bonds is 6. The molecule has 0 spiro atoms. The zero-order valence-electron chi connectivity index (χ0n) is 12.5. The lowest BCUT2D eigenvalue weighted by atomic mass is 10.2. The van der Waals surface area contributed by atoms with Crippen molar-refractivity contribution in [2.75, 3.05) is 19.1 Å². The Morgan fingerprint density at radius 3 is 2.68 bits per heavy atom. The van der Waals surface area contributed by atoms with Gasteiger partial charge in [0.25, 0.3) is 0 Å². The van der Waals surface area contributed by atoms with Gasteiger partial charge in [-0.1, -0.05) is 11.3 Å². The van der Waals surface area contributed by atoms with Crippen molar-refractivity contribution in [1.29, 1.82) is 0 Å². The van der Waals surface area contributed by atoms with E-state index in [1.54, 1.807) is 21.0 Å². The van der Waals surface area contributed by atoms with Crippen molar-refractivity contribution in [3.63, 3.8) is 0 Å². The molecule has 0 aliphatic rings. The SMILES string of the molecule is CCOC(=O)/C(C)=N/Nc1nnc(-c2ccc(OC)cc2)s1. The summed E-state index contributed by atoms with van der Waals surface area (Å²) >= 11 is 1.33. The van der Waals surface area contributed by atoms with E-state index in [2.05, 4.69) is 20.7 Å². The summed E-state index contributed by atoms with van der Waals surface area (Å²) in [6.45, 7) is 3.62. The number of carbonyl (C=O) groups is 1. The van der Waals surface area contributed by atoms with Gasteiger partial charge in [0.15, 0.2) is 0 Å². The first kappa shape index (κ1) is 15.9. The number of benzene rings is 1. The van der Waals surface area contributed by atoms with Crippen LogP contribution in [0.25, 0.3) is 10.6 Å². The molecule has 116 valence electrons. The summed E-state index contributed by atoms with van der Waals surface area (Å²) in [5.74, 6) is 0.316. The third kappa shape index (κ3) is 4.01. The fourth-order valence-corrected chi connectivity index (χ4v) is 2.22. The Balaban J connectivity index is 2.04. The first-order valence-electron chi connectivity index (χ1n) is 6.59. The van der Waals surface area contributed by atoms with Crippen molar-refractivity contribution < 1.29 is 14.3 Å². The zero-order valence-corrected chi connectivity index (χ0v) is 13.3. The van der Waals surface area contributed by atoms with E-state index in [0.717, 1.165) is 16.3 Å². The van der Waals surface area contributed by atoms with Gasteiger partial charge in [0.1, 0.15) is 16.5 Å². The lowest BCUT2D eigenvalue weighted by Crippen LogP contribution is -2.15. The first-order chi connectivity index (χ1) is 10.6. The molecule has 7 nitrogen and oxygen atoms in total. The molecule has 22 heavy (non-hydrogen) atoms. The molecular formula is C14H16N4O3S. The summed E-state index contributed by atoms with van der Waals surface area (Å²) in [6, 6.07) is 7.51. The highest BCUT2D eigenvalue weighted by molar-refractivity contribution is 7.18. The molecule has 0 aliphatic heterocycles. The van der Waals surface area contributed by atoms with Crippen LogP contribution in [0.5, 0.6) is 5.75 Å². The second-order valence-corrected chi connectivity index (χ2v) is 5.15. The Bertz CT molecular complexity index is 667. The molecule has 0 radical (unpaired) electrons. The van der Waals surface area contributed by atoms with Crippen molar-refractivity contribution in [2.45, 2.75) is 13.8 Å². The molecule has 1 aromatic carbocycles. The van der Waals surface area contributed by atoms with Crippen molar-refractivity contribution in [1.82, 2.24) is 10.2 Å². The Morgan fingerprint density at radius 1 is 1.32 bits per heavy atom. The third-order valence-corrected chi connectivity index (χ3v) is 3.53. The van der Waals surface area contributed by atoms with Gasteiger partial charge >= 0.3 is 5.97 Å². The second-order valence-electron chi connectivity index (χ2n) is 4.17. The number of hydrogen-bond acceptors (Lipinski definition) is 8. The molecule has 0 atom stereocenters. The van der Waals surface area contributed by atoms with Crippen molar-refractivity contribution in [2.24, 2.45) is 5.10 Å².